The van der Waals surface area contributed by atoms with Crippen LogP contribution in [0.25, 0.3) is 0 Å². The molecule has 50 heavy (non-hydrogen) atoms. The van der Waals surface area contributed by atoms with Crippen LogP contribution in [-0.2, 0) is 52.7 Å². The van der Waals surface area contributed by atoms with Crippen molar-refractivity contribution in [1.29, 1.82) is 0 Å². The highest BCUT2D eigenvalue weighted by Crippen LogP contribution is 2.06. The molecule has 0 fully saturated rings. The largest absolute Gasteiger partial charge is 0.481 e. The molecule has 6 amide bonds. The van der Waals surface area contributed by atoms with Crippen molar-refractivity contribution in [2.24, 2.45) is 5.73 Å². The molecule has 0 heterocycles. The summed E-state index contributed by atoms with van der Waals surface area (Å²) >= 11 is 0. The van der Waals surface area contributed by atoms with Gasteiger partial charge in [0.25, 0.3) is 0 Å². The van der Waals surface area contributed by atoms with Crippen LogP contribution in [0.2, 0.25) is 0 Å². The number of amides is 6. The Morgan fingerprint density at radius 1 is 0.480 bits per heavy atom. The average molecular weight is 722 g/mol. The molecular weight excluding hydrogens is 682 g/mol. The van der Waals surface area contributed by atoms with Crippen LogP contribution in [-0.4, -0.2) is 146 Å². The average Bonchev–Trinajstić information content (AvgIpc) is 3.02. The maximum atomic E-state index is 13.0. The van der Waals surface area contributed by atoms with Gasteiger partial charge in [0.15, 0.2) is 0 Å². The number of hydrogen-bond donors (Lipinski definition) is 13. The number of aliphatic carboxylic acids is 5. The van der Waals surface area contributed by atoms with Gasteiger partial charge in [0.1, 0.15) is 24.2 Å². The first kappa shape index (κ1) is 44.1. The maximum Gasteiger partial charge on any atom is 0.326 e. The van der Waals surface area contributed by atoms with Gasteiger partial charge in [0.05, 0.1) is 32.2 Å². The first-order chi connectivity index (χ1) is 23.3. The van der Waals surface area contributed by atoms with Crippen molar-refractivity contribution in [3.63, 3.8) is 0 Å². The van der Waals surface area contributed by atoms with Gasteiger partial charge in [-0.05, 0) is 19.3 Å². The van der Waals surface area contributed by atoms with Crippen LogP contribution in [0.4, 0.5) is 0 Å². The number of rotatable bonds is 25. The molecule has 0 aromatic carbocycles. The summed E-state index contributed by atoms with van der Waals surface area (Å²) in [5.74, 6) is -14.0. The Morgan fingerprint density at radius 3 is 1.26 bits per heavy atom. The molecule has 24 nitrogen and oxygen atoms in total. The Hall–Kier alpha value is -5.91. The number of nitrogens with one attached hydrogen (secondary N) is 6. The number of aliphatic hydroxyl groups is 1. The van der Waals surface area contributed by atoms with Crippen LogP contribution in [0.5, 0.6) is 0 Å². The topological polar surface area (TPSA) is 407 Å². The summed E-state index contributed by atoms with van der Waals surface area (Å²) < 4.78 is 0. The van der Waals surface area contributed by atoms with Crippen LogP contribution in [0.3, 0.4) is 0 Å². The molecule has 0 aliphatic heterocycles. The van der Waals surface area contributed by atoms with E-state index in [4.69, 9.17) is 26.2 Å². The van der Waals surface area contributed by atoms with Gasteiger partial charge in [-0.3, -0.25) is 47.9 Å². The third kappa shape index (κ3) is 19.0. The lowest BCUT2D eigenvalue weighted by atomic mass is 10.1. The molecule has 14 N–H and O–H groups in total. The van der Waals surface area contributed by atoms with E-state index < -0.39 is 160 Å². The molecular formula is C26H39N7O17. The molecule has 0 aromatic heterocycles. The molecule has 0 unspecified atom stereocenters. The zero-order valence-corrected chi connectivity index (χ0v) is 26.2. The Labute approximate surface area is 281 Å². The smallest absolute Gasteiger partial charge is 0.326 e. The van der Waals surface area contributed by atoms with Gasteiger partial charge in [-0.15, -0.1) is 0 Å². The summed E-state index contributed by atoms with van der Waals surface area (Å²) in [4.78, 5) is 130. The third-order valence-corrected chi connectivity index (χ3v) is 6.25. The molecule has 0 aromatic rings. The molecule has 5 atom stereocenters. The SMILES string of the molecule is N[C@@H](CC(=O)O)C(=O)NCC(=O)N[C@@H](CO)C(=O)NCC(=O)N[C@@H](CCC(=O)O)C(=O)N[C@@H](CCC(=O)O)C(=O)N[C@@H](CCC(=O)O)C(=O)O. The van der Waals surface area contributed by atoms with E-state index in [0.717, 1.165) is 0 Å². The monoisotopic (exact) mass is 721 g/mol. The van der Waals surface area contributed by atoms with Crippen molar-refractivity contribution in [3.05, 3.63) is 0 Å². The van der Waals surface area contributed by atoms with E-state index in [-0.39, 0.29) is 0 Å². The van der Waals surface area contributed by atoms with Crippen molar-refractivity contribution >= 4 is 65.3 Å². The lowest BCUT2D eigenvalue weighted by molar-refractivity contribution is -0.144. The highest BCUT2D eigenvalue weighted by molar-refractivity contribution is 5.96. The van der Waals surface area contributed by atoms with E-state index >= 15 is 0 Å². The number of aliphatic hydroxyl groups excluding tert-OH is 1. The van der Waals surface area contributed by atoms with E-state index in [2.05, 4.69) is 10.6 Å². The summed E-state index contributed by atoms with van der Waals surface area (Å²) in [6.07, 6.45) is -4.62. The molecule has 0 bridgehead atoms. The summed E-state index contributed by atoms with van der Waals surface area (Å²) in [5.41, 5.74) is 5.35. The molecule has 0 rings (SSSR count). The minimum atomic E-state index is -1.75. The standard InChI is InChI=1S/C26H39N7O17/c27-11(7-21(43)44)22(45)28-8-17(36)31-15(10-34)23(46)29-9-16(35)30-12(1-4-18(37)38)24(47)32-13(2-5-19(39)40)25(48)33-14(26(49)50)3-6-20(41)42/h11-15,34H,1-10,27H2,(H,28,45)(H,29,46)(H,30,35)(H,31,36)(H,32,47)(H,33,48)(H,37,38)(H,39,40)(H,41,42)(H,43,44)(H,49,50)/t11-,12-,13-,14-,15-/m0/s1. The van der Waals surface area contributed by atoms with Crippen LogP contribution in [0.15, 0.2) is 0 Å². The second kappa shape index (κ2) is 22.6. The van der Waals surface area contributed by atoms with Crippen LogP contribution in [0.1, 0.15) is 44.9 Å². The number of carbonyl (C=O) groups is 11. The van der Waals surface area contributed by atoms with Crippen LogP contribution < -0.4 is 37.6 Å². The maximum absolute atomic E-state index is 13.0. The fourth-order valence-corrected chi connectivity index (χ4v) is 3.70. The number of carboxylic acids is 5. The molecule has 0 saturated heterocycles. The highest BCUT2D eigenvalue weighted by Gasteiger charge is 2.31. The quantitative estimate of drug-likeness (QED) is 0.0417. The van der Waals surface area contributed by atoms with Crippen molar-refractivity contribution in [2.45, 2.75) is 75.2 Å². The van der Waals surface area contributed by atoms with Gasteiger partial charge in [-0.25, -0.2) is 4.79 Å². The van der Waals surface area contributed by atoms with Gasteiger partial charge in [0.2, 0.25) is 35.4 Å². The van der Waals surface area contributed by atoms with E-state index in [9.17, 15) is 63.0 Å². The molecule has 0 radical (unpaired) electrons. The highest BCUT2D eigenvalue weighted by atomic mass is 16.4. The lowest BCUT2D eigenvalue weighted by Crippen LogP contribution is -2.57. The number of hydrogen-bond acceptors (Lipinski definition) is 13. The fraction of sp³-hybridized carbons (Fsp3) is 0.577. The summed E-state index contributed by atoms with van der Waals surface area (Å²) in [7, 11) is 0. The summed E-state index contributed by atoms with van der Waals surface area (Å²) in [6.45, 7) is -2.70. The van der Waals surface area contributed by atoms with Gasteiger partial charge < -0.3 is 68.3 Å². The van der Waals surface area contributed by atoms with Gasteiger partial charge in [-0.1, -0.05) is 0 Å². The van der Waals surface area contributed by atoms with Crippen molar-refractivity contribution in [1.82, 2.24) is 31.9 Å². The molecule has 0 aliphatic rings. The van der Waals surface area contributed by atoms with Crippen molar-refractivity contribution < 1.29 is 83.4 Å². The summed E-state index contributed by atoms with van der Waals surface area (Å²) in [5, 5.41) is 66.6. The minimum absolute atomic E-state index is 0.570. The molecule has 280 valence electrons. The predicted molar refractivity (Wildman–Crippen MR) is 159 cm³/mol. The number of carbonyl (C=O) groups excluding carboxylic acids is 6. The van der Waals surface area contributed by atoms with E-state index in [0.29, 0.717) is 0 Å². The van der Waals surface area contributed by atoms with Gasteiger partial charge in [0, 0.05) is 19.3 Å². The summed E-state index contributed by atoms with van der Waals surface area (Å²) in [6, 6.07) is -8.38. The molecule has 0 spiro atoms. The van der Waals surface area contributed by atoms with Crippen LogP contribution >= 0.6 is 0 Å². The van der Waals surface area contributed by atoms with Crippen molar-refractivity contribution in [2.75, 3.05) is 19.7 Å². The Bertz CT molecular complexity index is 1310. The van der Waals surface area contributed by atoms with Gasteiger partial charge >= 0.3 is 29.8 Å². The van der Waals surface area contributed by atoms with E-state index in [1.165, 1.54) is 0 Å². The first-order valence-corrected chi connectivity index (χ1v) is 14.5. The normalized spacial score (nSPS) is 13.5. The number of carboxylic acid groups (broad SMARTS) is 5. The fourth-order valence-electron chi connectivity index (χ4n) is 3.70. The molecule has 24 heteroatoms. The second-order valence-corrected chi connectivity index (χ2v) is 10.3. The predicted octanol–water partition coefficient (Wildman–Crippen LogP) is -6.37. The van der Waals surface area contributed by atoms with E-state index in [1.54, 1.807) is 0 Å². The Kier molecular flexibility index (Phi) is 19.9. The van der Waals surface area contributed by atoms with Crippen LogP contribution in [0, 0.1) is 0 Å². The Balaban J connectivity index is 5.51. The lowest BCUT2D eigenvalue weighted by Gasteiger charge is -2.24. The van der Waals surface area contributed by atoms with E-state index in [1.807, 2.05) is 21.3 Å². The minimum Gasteiger partial charge on any atom is -0.481 e. The number of nitrogens with two attached hydrogens (primary N) is 1. The second-order valence-electron chi connectivity index (χ2n) is 10.3. The molecule has 0 aliphatic carbocycles. The first-order valence-electron chi connectivity index (χ1n) is 14.5. The van der Waals surface area contributed by atoms with Gasteiger partial charge in [-0.2, -0.15) is 0 Å². The Morgan fingerprint density at radius 2 is 0.860 bits per heavy atom. The zero-order valence-electron chi connectivity index (χ0n) is 26.2. The molecule has 0 saturated carbocycles. The third-order valence-electron chi connectivity index (χ3n) is 6.25. The zero-order chi connectivity index (χ0) is 38.6. The van der Waals surface area contributed by atoms with Crippen molar-refractivity contribution in [3.8, 4) is 0 Å².